The van der Waals surface area contributed by atoms with Crippen LogP contribution in [-0.2, 0) is 24.3 Å². The Morgan fingerprint density at radius 3 is 2.65 bits per heavy atom. The number of hydrogen-bond acceptors (Lipinski definition) is 6. The molecule has 8 nitrogen and oxygen atoms in total. The van der Waals surface area contributed by atoms with Crippen LogP contribution in [0.1, 0.15) is 28.8 Å². The number of aryl methyl sites for hydroxylation is 1. The van der Waals surface area contributed by atoms with Crippen LogP contribution in [0.2, 0.25) is 0 Å². The lowest BCUT2D eigenvalue weighted by molar-refractivity contribution is -0.134. The number of amides is 2. The van der Waals surface area contributed by atoms with Gasteiger partial charge in [0.25, 0.3) is 0 Å². The summed E-state index contributed by atoms with van der Waals surface area (Å²) in [5, 5.41) is 2.07. The molecule has 1 saturated heterocycles. The molecular weight excluding hydrogens is 324 g/mol. The molecule has 0 aromatic heterocycles. The van der Waals surface area contributed by atoms with E-state index in [1.807, 2.05) is 0 Å². The first-order valence-electron chi connectivity index (χ1n) is 6.80. The molecule has 1 aromatic rings. The third kappa shape index (κ3) is 3.57. The van der Waals surface area contributed by atoms with Crippen molar-refractivity contribution >= 4 is 27.8 Å². The molecule has 1 atom stereocenters. The van der Waals surface area contributed by atoms with E-state index in [1.165, 1.54) is 12.1 Å². The van der Waals surface area contributed by atoms with Crippen molar-refractivity contribution in [3.8, 4) is 0 Å². The van der Waals surface area contributed by atoms with Crippen molar-refractivity contribution in [2.75, 3.05) is 7.11 Å². The van der Waals surface area contributed by atoms with Crippen LogP contribution in [0.5, 0.6) is 0 Å². The molecule has 2 N–H and O–H groups in total. The van der Waals surface area contributed by atoms with Gasteiger partial charge in [-0.05, 0) is 25.0 Å². The number of ether oxygens (including phenoxy) is 1. The number of nitrogens with one attached hydrogen (secondary N) is 2. The van der Waals surface area contributed by atoms with E-state index in [1.54, 1.807) is 13.0 Å². The van der Waals surface area contributed by atoms with Crippen LogP contribution < -0.4 is 10.0 Å². The smallest absolute Gasteiger partial charge is 0.339 e. The summed E-state index contributed by atoms with van der Waals surface area (Å²) in [6.07, 6.45) is 0.0971. The summed E-state index contributed by atoms with van der Waals surface area (Å²) in [4.78, 5) is 34.4. The number of hydrogen-bond donors (Lipinski definition) is 2. The van der Waals surface area contributed by atoms with Gasteiger partial charge in [0, 0.05) is 6.42 Å². The molecule has 1 aliphatic heterocycles. The number of rotatable bonds is 4. The van der Waals surface area contributed by atoms with Crippen LogP contribution in [0, 0.1) is 6.92 Å². The Morgan fingerprint density at radius 1 is 1.35 bits per heavy atom. The van der Waals surface area contributed by atoms with Gasteiger partial charge in [0.05, 0.1) is 17.6 Å². The molecule has 1 fully saturated rings. The highest BCUT2D eigenvalue weighted by atomic mass is 32.2. The molecule has 1 aromatic carbocycles. The molecule has 23 heavy (non-hydrogen) atoms. The van der Waals surface area contributed by atoms with Gasteiger partial charge in [-0.1, -0.05) is 12.1 Å². The molecule has 0 saturated carbocycles. The molecule has 1 unspecified atom stereocenters. The van der Waals surface area contributed by atoms with Crippen molar-refractivity contribution in [1.29, 1.82) is 0 Å². The number of benzene rings is 1. The van der Waals surface area contributed by atoms with E-state index in [0.29, 0.717) is 5.56 Å². The van der Waals surface area contributed by atoms with E-state index in [4.69, 9.17) is 0 Å². The average molecular weight is 340 g/mol. The zero-order chi connectivity index (χ0) is 17.2. The maximum Gasteiger partial charge on any atom is 0.339 e. The number of carbonyl (C=O) groups is 3. The van der Waals surface area contributed by atoms with Gasteiger partial charge in [0.1, 0.15) is 6.04 Å². The van der Waals surface area contributed by atoms with Gasteiger partial charge in [-0.25, -0.2) is 13.2 Å². The monoisotopic (exact) mass is 340 g/mol. The number of esters is 1. The number of piperidine rings is 1. The van der Waals surface area contributed by atoms with Crippen LogP contribution in [-0.4, -0.2) is 39.4 Å². The topological polar surface area (TPSA) is 119 Å². The second-order valence-corrected chi connectivity index (χ2v) is 6.75. The van der Waals surface area contributed by atoms with Crippen LogP contribution in [0.15, 0.2) is 23.1 Å². The van der Waals surface area contributed by atoms with Crippen LogP contribution in [0.25, 0.3) is 0 Å². The summed E-state index contributed by atoms with van der Waals surface area (Å²) >= 11 is 0. The zero-order valence-electron chi connectivity index (χ0n) is 12.6. The molecule has 9 heteroatoms. The molecule has 2 amide bonds. The first kappa shape index (κ1) is 17.1. The van der Waals surface area contributed by atoms with E-state index in [0.717, 1.165) is 7.11 Å². The second-order valence-electron chi connectivity index (χ2n) is 5.06. The molecule has 1 aliphatic rings. The van der Waals surface area contributed by atoms with Crippen molar-refractivity contribution < 1.29 is 27.5 Å². The van der Waals surface area contributed by atoms with Crippen molar-refractivity contribution in [2.24, 2.45) is 0 Å². The van der Waals surface area contributed by atoms with Gasteiger partial charge in [-0.3, -0.25) is 14.9 Å². The van der Waals surface area contributed by atoms with E-state index in [9.17, 15) is 22.8 Å². The third-order valence-corrected chi connectivity index (χ3v) is 4.96. The average Bonchev–Trinajstić information content (AvgIpc) is 2.49. The highest BCUT2D eigenvalue weighted by Gasteiger charge is 2.33. The number of carbonyl (C=O) groups excluding carboxylic acids is 3. The van der Waals surface area contributed by atoms with Crippen LogP contribution >= 0.6 is 0 Å². The molecule has 0 spiro atoms. The summed E-state index contributed by atoms with van der Waals surface area (Å²) in [6.45, 7) is 1.58. The van der Waals surface area contributed by atoms with Gasteiger partial charge in [-0.2, -0.15) is 4.72 Å². The molecule has 0 bridgehead atoms. The van der Waals surface area contributed by atoms with E-state index < -0.39 is 33.8 Å². The predicted octanol–water partition coefficient (Wildman–Crippen LogP) is -0.135. The standard InChI is InChI=1S/C14H16N2O6S/c1-8-4-3-5-10(12(8)14(19)22-2)23(20,21)16-9-6-7-11(17)15-13(9)18/h3-5,9,16H,6-7H2,1-2H3,(H,15,17,18). The van der Waals surface area contributed by atoms with Crippen LogP contribution in [0.4, 0.5) is 0 Å². The van der Waals surface area contributed by atoms with Crippen molar-refractivity contribution in [3.63, 3.8) is 0 Å². The zero-order valence-corrected chi connectivity index (χ0v) is 13.4. The molecule has 0 aliphatic carbocycles. The summed E-state index contributed by atoms with van der Waals surface area (Å²) in [7, 11) is -2.99. The fraction of sp³-hybridized carbons (Fsp3) is 0.357. The van der Waals surface area contributed by atoms with Gasteiger partial charge in [-0.15, -0.1) is 0 Å². The highest BCUT2D eigenvalue weighted by molar-refractivity contribution is 7.89. The van der Waals surface area contributed by atoms with Gasteiger partial charge < -0.3 is 4.74 Å². The summed E-state index contributed by atoms with van der Waals surface area (Å²) < 4.78 is 31.9. The fourth-order valence-electron chi connectivity index (χ4n) is 2.29. The molecular formula is C14H16N2O6S. The normalized spacial score (nSPS) is 18.4. The minimum absolute atomic E-state index is 0.0383. The van der Waals surface area contributed by atoms with Crippen molar-refractivity contribution in [1.82, 2.24) is 10.0 Å². The predicted molar refractivity (Wildman–Crippen MR) is 79.0 cm³/mol. The summed E-state index contributed by atoms with van der Waals surface area (Å²) in [6, 6.07) is 3.26. The van der Waals surface area contributed by atoms with Gasteiger partial charge in [0.2, 0.25) is 21.8 Å². The maximum atomic E-state index is 12.5. The number of imide groups is 1. The lowest BCUT2D eigenvalue weighted by Crippen LogP contribution is -2.52. The second kappa shape index (κ2) is 6.47. The minimum Gasteiger partial charge on any atom is -0.465 e. The Morgan fingerprint density at radius 2 is 2.04 bits per heavy atom. The Hall–Kier alpha value is -2.26. The lowest BCUT2D eigenvalue weighted by Gasteiger charge is -2.22. The molecule has 1 heterocycles. The van der Waals surface area contributed by atoms with Gasteiger partial charge >= 0.3 is 5.97 Å². The molecule has 124 valence electrons. The Kier molecular flexibility index (Phi) is 4.81. The summed E-state index contributed by atoms with van der Waals surface area (Å²) in [5.41, 5.74) is 0.345. The van der Waals surface area contributed by atoms with E-state index in [2.05, 4.69) is 14.8 Å². The Labute approximate surface area is 133 Å². The largest absolute Gasteiger partial charge is 0.465 e. The van der Waals surface area contributed by atoms with E-state index in [-0.39, 0.29) is 23.3 Å². The summed E-state index contributed by atoms with van der Waals surface area (Å²) in [5.74, 6) is -1.94. The molecule has 2 rings (SSSR count). The Balaban J connectivity index is 2.37. The van der Waals surface area contributed by atoms with Gasteiger partial charge in [0.15, 0.2) is 0 Å². The highest BCUT2D eigenvalue weighted by Crippen LogP contribution is 2.21. The van der Waals surface area contributed by atoms with E-state index >= 15 is 0 Å². The Bertz CT molecular complexity index is 771. The maximum absolute atomic E-state index is 12.5. The van der Waals surface area contributed by atoms with Crippen LogP contribution in [0.3, 0.4) is 0 Å². The number of methoxy groups -OCH3 is 1. The first-order valence-corrected chi connectivity index (χ1v) is 8.28. The number of sulfonamides is 1. The van der Waals surface area contributed by atoms with Crippen molar-refractivity contribution in [3.05, 3.63) is 29.3 Å². The fourth-order valence-corrected chi connectivity index (χ4v) is 3.78. The molecule has 0 radical (unpaired) electrons. The lowest BCUT2D eigenvalue weighted by atomic mass is 10.1. The SMILES string of the molecule is COC(=O)c1c(C)cccc1S(=O)(=O)NC1CCC(=O)NC1=O. The quantitative estimate of drug-likeness (QED) is 0.582. The van der Waals surface area contributed by atoms with Crippen molar-refractivity contribution in [2.45, 2.75) is 30.7 Å². The third-order valence-electron chi connectivity index (χ3n) is 3.45. The minimum atomic E-state index is -4.14. The first-order chi connectivity index (χ1) is 10.8.